The zero-order chi connectivity index (χ0) is 13.7. The normalized spacial score (nSPS) is 29.4. The second-order valence-corrected chi connectivity index (χ2v) is 5.60. The van der Waals surface area contributed by atoms with Gasteiger partial charge in [-0.15, -0.1) is 0 Å². The van der Waals surface area contributed by atoms with Gasteiger partial charge in [0.05, 0.1) is 5.92 Å². The lowest BCUT2D eigenvalue weighted by atomic mass is 9.80. The Labute approximate surface area is 108 Å². The molecule has 4 atom stereocenters. The predicted octanol–water partition coefficient (Wildman–Crippen LogP) is 1.83. The van der Waals surface area contributed by atoms with E-state index in [4.69, 9.17) is 5.11 Å². The van der Waals surface area contributed by atoms with Crippen molar-refractivity contribution in [3.8, 4) is 0 Å². The lowest BCUT2D eigenvalue weighted by molar-refractivity contribution is -0.140. The summed E-state index contributed by atoms with van der Waals surface area (Å²) in [7, 11) is 0. The second-order valence-electron chi connectivity index (χ2n) is 5.60. The van der Waals surface area contributed by atoms with E-state index in [0.29, 0.717) is 5.92 Å². The van der Waals surface area contributed by atoms with Gasteiger partial charge >= 0.3 is 12.0 Å². The molecule has 1 aliphatic carbocycles. The molecule has 0 spiro atoms. The first kappa shape index (κ1) is 14.8. The number of aliphatic carboxylic acids is 1. The van der Waals surface area contributed by atoms with Crippen LogP contribution in [0.1, 0.15) is 40.0 Å². The predicted molar refractivity (Wildman–Crippen MR) is 69.3 cm³/mol. The van der Waals surface area contributed by atoms with Crippen molar-refractivity contribution in [3.63, 3.8) is 0 Å². The number of hydrogen-bond donors (Lipinski definition) is 3. The van der Waals surface area contributed by atoms with Crippen molar-refractivity contribution >= 4 is 12.0 Å². The van der Waals surface area contributed by atoms with E-state index in [0.717, 1.165) is 25.2 Å². The van der Waals surface area contributed by atoms with Crippen LogP contribution < -0.4 is 10.6 Å². The van der Waals surface area contributed by atoms with Crippen LogP contribution in [0.15, 0.2) is 0 Å². The molecule has 1 rings (SSSR count). The number of carboxylic acid groups (broad SMARTS) is 1. The number of rotatable bonds is 4. The third-order valence-corrected chi connectivity index (χ3v) is 3.74. The maximum atomic E-state index is 11.7. The molecule has 0 heterocycles. The summed E-state index contributed by atoms with van der Waals surface area (Å²) in [5.41, 5.74) is 0. The van der Waals surface area contributed by atoms with E-state index in [2.05, 4.69) is 24.5 Å². The van der Waals surface area contributed by atoms with E-state index in [1.165, 1.54) is 0 Å². The van der Waals surface area contributed by atoms with Crippen molar-refractivity contribution < 1.29 is 14.7 Å². The highest BCUT2D eigenvalue weighted by atomic mass is 16.4. The number of nitrogens with one attached hydrogen (secondary N) is 2. The first-order valence-corrected chi connectivity index (χ1v) is 6.67. The summed E-state index contributed by atoms with van der Waals surface area (Å²) in [5, 5.41) is 14.3. The molecule has 0 aromatic carbocycles. The molecule has 1 fully saturated rings. The van der Waals surface area contributed by atoms with E-state index in [1.807, 2.05) is 0 Å². The molecule has 0 radical (unpaired) electrons. The molecule has 5 heteroatoms. The Morgan fingerprint density at radius 3 is 2.56 bits per heavy atom. The fourth-order valence-corrected chi connectivity index (χ4v) is 2.43. The second kappa shape index (κ2) is 6.61. The quantitative estimate of drug-likeness (QED) is 0.718. The van der Waals surface area contributed by atoms with E-state index >= 15 is 0 Å². The fraction of sp³-hybridized carbons (Fsp3) is 0.846. The van der Waals surface area contributed by atoms with Crippen molar-refractivity contribution in [2.45, 2.75) is 46.1 Å². The topological polar surface area (TPSA) is 78.4 Å². The van der Waals surface area contributed by atoms with Gasteiger partial charge in [-0.1, -0.05) is 20.8 Å². The molecule has 0 saturated heterocycles. The van der Waals surface area contributed by atoms with Crippen LogP contribution in [0.5, 0.6) is 0 Å². The van der Waals surface area contributed by atoms with E-state index in [9.17, 15) is 9.59 Å². The van der Waals surface area contributed by atoms with Gasteiger partial charge < -0.3 is 15.7 Å². The lowest BCUT2D eigenvalue weighted by Crippen LogP contribution is -2.48. The molecular weight excluding hydrogens is 232 g/mol. The Kier molecular flexibility index (Phi) is 5.44. The highest BCUT2D eigenvalue weighted by Crippen LogP contribution is 2.28. The van der Waals surface area contributed by atoms with Gasteiger partial charge in [-0.2, -0.15) is 0 Å². The van der Waals surface area contributed by atoms with Crippen LogP contribution in [-0.4, -0.2) is 29.7 Å². The molecule has 0 bridgehead atoms. The van der Waals surface area contributed by atoms with Crippen molar-refractivity contribution in [2.75, 3.05) is 6.54 Å². The number of carbonyl (C=O) groups excluding carboxylic acids is 1. The van der Waals surface area contributed by atoms with Gasteiger partial charge in [-0.3, -0.25) is 4.79 Å². The molecule has 18 heavy (non-hydrogen) atoms. The zero-order valence-corrected chi connectivity index (χ0v) is 11.4. The van der Waals surface area contributed by atoms with Crippen LogP contribution in [0.25, 0.3) is 0 Å². The summed E-state index contributed by atoms with van der Waals surface area (Å²) < 4.78 is 0. The summed E-state index contributed by atoms with van der Waals surface area (Å²) in [6, 6.07) is -0.0455. The largest absolute Gasteiger partial charge is 0.481 e. The average Bonchev–Trinajstić information content (AvgIpc) is 2.29. The number of carbonyl (C=O) groups is 2. The highest BCUT2D eigenvalue weighted by Gasteiger charge is 2.26. The van der Waals surface area contributed by atoms with Crippen molar-refractivity contribution in [1.82, 2.24) is 10.6 Å². The zero-order valence-electron chi connectivity index (χ0n) is 11.4. The summed E-state index contributed by atoms with van der Waals surface area (Å²) in [4.78, 5) is 22.3. The molecule has 3 N–H and O–H groups in total. The Morgan fingerprint density at radius 1 is 1.33 bits per heavy atom. The molecular formula is C13H24N2O3. The minimum absolute atomic E-state index is 0.165. The lowest BCUT2D eigenvalue weighted by Gasteiger charge is -2.33. The Balaban J connectivity index is 2.29. The highest BCUT2D eigenvalue weighted by molar-refractivity contribution is 5.76. The van der Waals surface area contributed by atoms with Gasteiger partial charge in [-0.25, -0.2) is 4.79 Å². The Morgan fingerprint density at radius 2 is 2.00 bits per heavy atom. The summed E-state index contributed by atoms with van der Waals surface area (Å²) in [5.74, 6) is -0.237. The van der Waals surface area contributed by atoms with Crippen LogP contribution in [0.3, 0.4) is 0 Å². The van der Waals surface area contributed by atoms with Crippen LogP contribution in [0.4, 0.5) is 4.79 Å². The van der Waals surface area contributed by atoms with Crippen LogP contribution in [0, 0.1) is 17.8 Å². The maximum Gasteiger partial charge on any atom is 0.315 e. The molecule has 5 nitrogen and oxygen atoms in total. The minimum atomic E-state index is -0.893. The average molecular weight is 256 g/mol. The summed E-state index contributed by atoms with van der Waals surface area (Å²) in [6.07, 6.45) is 3.28. The molecule has 1 aliphatic rings. The molecule has 0 aliphatic heterocycles. The van der Waals surface area contributed by atoms with Crippen LogP contribution >= 0.6 is 0 Å². The van der Waals surface area contributed by atoms with Gasteiger partial charge in [0.2, 0.25) is 0 Å². The first-order chi connectivity index (χ1) is 8.40. The van der Waals surface area contributed by atoms with Gasteiger partial charge in [0.1, 0.15) is 0 Å². The maximum absolute atomic E-state index is 11.7. The van der Waals surface area contributed by atoms with Crippen LogP contribution in [-0.2, 0) is 4.79 Å². The fourth-order valence-electron chi connectivity index (χ4n) is 2.43. The summed E-state index contributed by atoms with van der Waals surface area (Å²) >= 11 is 0. The van der Waals surface area contributed by atoms with Gasteiger partial charge in [0.25, 0.3) is 0 Å². The molecule has 104 valence electrons. The number of hydrogen-bond acceptors (Lipinski definition) is 2. The minimum Gasteiger partial charge on any atom is -0.481 e. The Bertz CT molecular complexity index is 307. The first-order valence-electron chi connectivity index (χ1n) is 6.67. The van der Waals surface area contributed by atoms with Gasteiger partial charge in [0.15, 0.2) is 0 Å². The van der Waals surface area contributed by atoms with Crippen molar-refractivity contribution in [1.29, 1.82) is 0 Å². The SMILES string of the molecule is CC1CCC(NC(=O)NCC(C)C(=O)O)C(C)C1. The number of urea groups is 1. The summed E-state index contributed by atoms with van der Waals surface area (Å²) in [6.45, 7) is 6.13. The third kappa shape index (κ3) is 4.55. The van der Waals surface area contributed by atoms with Gasteiger partial charge in [-0.05, 0) is 31.1 Å². The monoisotopic (exact) mass is 256 g/mol. The van der Waals surface area contributed by atoms with Crippen molar-refractivity contribution in [3.05, 3.63) is 0 Å². The van der Waals surface area contributed by atoms with E-state index in [-0.39, 0.29) is 18.6 Å². The Hall–Kier alpha value is -1.26. The van der Waals surface area contributed by atoms with Gasteiger partial charge in [0, 0.05) is 12.6 Å². The molecule has 0 aromatic heterocycles. The molecule has 0 aromatic rings. The van der Waals surface area contributed by atoms with Crippen LogP contribution in [0.2, 0.25) is 0 Å². The van der Waals surface area contributed by atoms with E-state index < -0.39 is 11.9 Å². The number of carboxylic acids is 1. The molecule has 4 unspecified atom stereocenters. The smallest absolute Gasteiger partial charge is 0.315 e. The van der Waals surface area contributed by atoms with Crippen molar-refractivity contribution in [2.24, 2.45) is 17.8 Å². The third-order valence-electron chi connectivity index (χ3n) is 3.74. The molecule has 2 amide bonds. The molecule has 1 saturated carbocycles. The van der Waals surface area contributed by atoms with E-state index in [1.54, 1.807) is 6.92 Å². The number of amides is 2. The standard InChI is InChI=1S/C13H24N2O3/c1-8-4-5-11(9(2)6-8)15-13(18)14-7-10(3)12(16)17/h8-11H,4-7H2,1-3H3,(H,16,17)(H2,14,15,18).